The number of anilines is 2. The molecule has 1 aliphatic carbocycles. The number of aliphatic imine (C=N–C) groups is 1. The number of halogens is 3. The van der Waals surface area contributed by atoms with E-state index in [0.717, 1.165) is 18.0 Å². The molecule has 2 atom stereocenters. The number of nitrogens with zero attached hydrogens (tertiary/aromatic N) is 1. The number of sulfone groups is 1. The third-order valence-electron chi connectivity index (χ3n) is 6.32. The van der Waals surface area contributed by atoms with Gasteiger partial charge in [0.25, 0.3) is 0 Å². The summed E-state index contributed by atoms with van der Waals surface area (Å²) in [6.45, 7) is 1.92. The van der Waals surface area contributed by atoms with Crippen LogP contribution >= 0.6 is 0 Å². The highest BCUT2D eigenvalue weighted by atomic mass is 32.2. The van der Waals surface area contributed by atoms with E-state index in [1.807, 2.05) is 19.1 Å². The molecule has 4 N–H and O–H groups in total. The number of alkyl halides is 3. The monoisotopic (exact) mass is 523 g/mol. The molecule has 0 fully saturated rings. The van der Waals surface area contributed by atoms with E-state index in [0.29, 0.717) is 47.5 Å². The lowest BCUT2D eigenvalue weighted by Crippen LogP contribution is -2.44. The second-order valence-corrected chi connectivity index (χ2v) is 11.0. The summed E-state index contributed by atoms with van der Waals surface area (Å²) in [7, 11) is -3.42. The normalized spacial score (nSPS) is 22.3. The first-order valence-corrected chi connectivity index (χ1v) is 13.5. The van der Waals surface area contributed by atoms with Crippen LogP contribution < -0.4 is 21.3 Å². The molecule has 1 aromatic rings. The van der Waals surface area contributed by atoms with E-state index in [1.165, 1.54) is 0 Å². The van der Waals surface area contributed by atoms with Crippen molar-refractivity contribution >= 4 is 33.1 Å². The molecule has 0 saturated heterocycles. The van der Waals surface area contributed by atoms with E-state index >= 15 is 0 Å². The number of hydrogen-bond donors (Lipinski definition) is 4. The lowest BCUT2D eigenvalue weighted by Gasteiger charge is -2.27. The first-order chi connectivity index (χ1) is 16.9. The average Bonchev–Trinajstić information content (AvgIpc) is 2.81. The Kier molecular flexibility index (Phi) is 7.28. The zero-order valence-electron chi connectivity index (χ0n) is 19.9. The Morgan fingerprint density at radius 1 is 1.22 bits per heavy atom. The van der Waals surface area contributed by atoms with Crippen LogP contribution in [0.2, 0.25) is 0 Å². The molecule has 2 aliphatic heterocycles. The lowest BCUT2D eigenvalue weighted by atomic mass is 9.94. The van der Waals surface area contributed by atoms with Crippen molar-refractivity contribution in [3.63, 3.8) is 0 Å². The van der Waals surface area contributed by atoms with Crippen molar-refractivity contribution in [1.29, 1.82) is 0 Å². The van der Waals surface area contributed by atoms with Gasteiger partial charge in [0.05, 0.1) is 5.57 Å². The number of allylic oxidation sites excluding steroid dienone is 2. The number of amides is 1. The maximum Gasteiger partial charge on any atom is 0.417 e. The average molecular weight is 524 g/mol. The van der Waals surface area contributed by atoms with Crippen LogP contribution in [-0.4, -0.2) is 45.4 Å². The summed E-state index contributed by atoms with van der Waals surface area (Å²) in [6.07, 6.45) is 1.49. The zero-order chi connectivity index (χ0) is 26.1. The number of benzene rings is 1. The number of carbonyl (C=O) groups excluding carboxylic acids is 1. The Morgan fingerprint density at radius 2 is 2.00 bits per heavy atom. The topological polar surface area (TPSA) is 112 Å². The fourth-order valence-corrected chi connectivity index (χ4v) is 5.64. The van der Waals surface area contributed by atoms with Gasteiger partial charge in [-0.3, -0.25) is 10.1 Å². The maximum atomic E-state index is 13.7. The predicted octanol–water partition coefficient (Wildman–Crippen LogP) is 3.59. The standard InChI is InChI=1S/C24H28F3N5O3S/c1-3-15-5-4-14(10-20(15)36(2,34)35)12-28-22-18(24(25,26)27)13-29-23(32-22)30-17-7-8-19-16(11-17)6-9-21(33)31-19/h4,7-8,10-11,13,15,22,28H,3,5-6,9,12H2,1-2H3,(H,31,33)(H2,29,30,32). The molecule has 0 saturated carbocycles. The van der Waals surface area contributed by atoms with Gasteiger partial charge in [0.15, 0.2) is 9.84 Å². The number of guanidine groups is 1. The number of nitrogens with one attached hydrogen (secondary N) is 4. The van der Waals surface area contributed by atoms with Gasteiger partial charge in [0.1, 0.15) is 6.17 Å². The van der Waals surface area contributed by atoms with E-state index in [-0.39, 0.29) is 24.3 Å². The van der Waals surface area contributed by atoms with Crippen LogP contribution in [0.15, 0.2) is 57.6 Å². The quantitative estimate of drug-likeness (QED) is 0.454. The molecule has 4 rings (SSSR count). The van der Waals surface area contributed by atoms with Gasteiger partial charge in [-0.05, 0) is 60.6 Å². The molecular weight excluding hydrogens is 495 g/mol. The molecule has 0 aromatic heterocycles. The van der Waals surface area contributed by atoms with Crippen molar-refractivity contribution in [3.05, 3.63) is 58.2 Å². The lowest BCUT2D eigenvalue weighted by molar-refractivity contribution is -0.116. The Labute approximate surface area is 207 Å². The molecule has 2 heterocycles. The molecule has 1 amide bonds. The van der Waals surface area contributed by atoms with Crippen LogP contribution in [0.5, 0.6) is 0 Å². The van der Waals surface area contributed by atoms with Crippen LogP contribution in [0, 0.1) is 5.92 Å². The molecule has 12 heteroatoms. The summed E-state index contributed by atoms with van der Waals surface area (Å²) in [5.74, 6) is -0.0691. The summed E-state index contributed by atoms with van der Waals surface area (Å²) < 4.78 is 65.4. The van der Waals surface area contributed by atoms with E-state index in [9.17, 15) is 26.4 Å². The smallest absolute Gasteiger partial charge is 0.332 e. The van der Waals surface area contributed by atoms with Gasteiger partial charge in [-0.25, -0.2) is 13.4 Å². The summed E-state index contributed by atoms with van der Waals surface area (Å²) in [6, 6.07) is 5.25. The highest BCUT2D eigenvalue weighted by Gasteiger charge is 2.40. The minimum Gasteiger partial charge on any atom is -0.332 e. The van der Waals surface area contributed by atoms with Crippen molar-refractivity contribution < 1.29 is 26.4 Å². The summed E-state index contributed by atoms with van der Waals surface area (Å²) in [5.41, 5.74) is 1.94. The van der Waals surface area contributed by atoms with Crippen molar-refractivity contribution in [2.24, 2.45) is 10.9 Å². The first kappa shape index (κ1) is 26.0. The molecule has 194 valence electrons. The summed E-state index contributed by atoms with van der Waals surface area (Å²) in [5, 5.41) is 11.1. The van der Waals surface area contributed by atoms with Gasteiger partial charge >= 0.3 is 6.18 Å². The number of fused-ring (bicyclic) bond motifs is 1. The molecule has 3 aliphatic rings. The Bertz CT molecular complexity index is 1280. The SMILES string of the molecule is CCC1CC=C(CNC2N=C(Nc3ccc4c(c3)CCC(=O)N4)NC=C2C(F)(F)F)C=C1S(C)(=O)=O. The van der Waals surface area contributed by atoms with Gasteiger partial charge in [0.2, 0.25) is 11.9 Å². The molecule has 8 nitrogen and oxygen atoms in total. The Hall–Kier alpha value is -3.12. The van der Waals surface area contributed by atoms with Gasteiger partial charge in [0, 0.05) is 41.7 Å². The highest BCUT2D eigenvalue weighted by Crippen LogP contribution is 2.32. The van der Waals surface area contributed by atoms with E-state index in [2.05, 4.69) is 26.3 Å². The minimum absolute atomic E-state index is 0.0167. The van der Waals surface area contributed by atoms with Crippen LogP contribution in [0.3, 0.4) is 0 Å². The molecule has 36 heavy (non-hydrogen) atoms. The van der Waals surface area contributed by atoms with Crippen LogP contribution in [-0.2, 0) is 21.1 Å². The Balaban J connectivity index is 1.51. The molecule has 1 aromatic carbocycles. The maximum absolute atomic E-state index is 13.7. The fourth-order valence-electron chi connectivity index (χ4n) is 4.40. The largest absolute Gasteiger partial charge is 0.417 e. The summed E-state index contributed by atoms with van der Waals surface area (Å²) >= 11 is 0. The fraction of sp³-hybridized carbons (Fsp3) is 0.417. The van der Waals surface area contributed by atoms with E-state index < -0.39 is 27.8 Å². The minimum atomic E-state index is -4.62. The summed E-state index contributed by atoms with van der Waals surface area (Å²) in [4.78, 5) is 16.0. The van der Waals surface area contributed by atoms with Gasteiger partial charge < -0.3 is 16.0 Å². The number of hydrogen-bond acceptors (Lipinski definition) is 7. The highest BCUT2D eigenvalue weighted by molar-refractivity contribution is 7.94. The Morgan fingerprint density at radius 3 is 2.69 bits per heavy atom. The van der Waals surface area contributed by atoms with Crippen molar-refractivity contribution in [3.8, 4) is 0 Å². The van der Waals surface area contributed by atoms with Crippen molar-refractivity contribution in [1.82, 2.24) is 10.6 Å². The molecular formula is C24H28F3N5O3S. The van der Waals surface area contributed by atoms with Crippen LogP contribution in [0.1, 0.15) is 31.7 Å². The number of rotatable bonds is 6. The van der Waals surface area contributed by atoms with E-state index in [1.54, 1.807) is 18.2 Å². The van der Waals surface area contributed by atoms with Gasteiger partial charge in [-0.15, -0.1) is 0 Å². The first-order valence-electron chi connectivity index (χ1n) is 11.6. The molecule has 0 radical (unpaired) electrons. The third kappa shape index (κ3) is 5.98. The van der Waals surface area contributed by atoms with E-state index in [4.69, 9.17) is 0 Å². The third-order valence-corrected chi connectivity index (χ3v) is 7.63. The second-order valence-electron chi connectivity index (χ2n) is 8.99. The number of carbonyl (C=O) groups is 1. The number of aryl methyl sites for hydroxylation is 1. The molecule has 0 spiro atoms. The molecule has 2 unspecified atom stereocenters. The van der Waals surface area contributed by atoms with Crippen LogP contribution in [0.4, 0.5) is 24.5 Å². The van der Waals surface area contributed by atoms with Crippen molar-refractivity contribution in [2.75, 3.05) is 23.4 Å². The van der Waals surface area contributed by atoms with Crippen molar-refractivity contribution in [2.45, 2.75) is 44.9 Å². The van der Waals surface area contributed by atoms with Crippen LogP contribution in [0.25, 0.3) is 0 Å². The second kappa shape index (κ2) is 10.1. The molecule has 0 bridgehead atoms. The predicted molar refractivity (Wildman–Crippen MR) is 133 cm³/mol. The van der Waals surface area contributed by atoms with Gasteiger partial charge in [-0.1, -0.05) is 13.0 Å². The van der Waals surface area contributed by atoms with Gasteiger partial charge in [-0.2, -0.15) is 13.2 Å². The zero-order valence-corrected chi connectivity index (χ0v) is 20.7.